The number of thiophene rings is 1. The Labute approximate surface area is 174 Å². The largest absolute Gasteiger partial charge is 0.336 e. The van der Waals surface area contributed by atoms with E-state index in [9.17, 15) is 14.4 Å². The van der Waals surface area contributed by atoms with Crippen LogP contribution in [0, 0.1) is 0 Å². The zero-order valence-corrected chi connectivity index (χ0v) is 17.7. The number of imide groups is 1. The normalized spacial score (nSPS) is 21.5. The quantitative estimate of drug-likeness (QED) is 0.786. The summed E-state index contributed by atoms with van der Waals surface area (Å²) in [6.45, 7) is 6.82. The lowest BCUT2D eigenvalue weighted by Gasteiger charge is -2.28. The van der Waals surface area contributed by atoms with Gasteiger partial charge in [0.25, 0.3) is 5.91 Å². The van der Waals surface area contributed by atoms with Gasteiger partial charge in [0.05, 0.1) is 0 Å². The van der Waals surface area contributed by atoms with Gasteiger partial charge in [0.1, 0.15) is 12.1 Å². The highest BCUT2D eigenvalue weighted by molar-refractivity contribution is 7.10. The van der Waals surface area contributed by atoms with E-state index in [2.05, 4.69) is 19.2 Å². The van der Waals surface area contributed by atoms with Crippen molar-refractivity contribution in [1.82, 2.24) is 15.1 Å². The topological polar surface area (TPSA) is 69.7 Å². The van der Waals surface area contributed by atoms with Gasteiger partial charge in [0.2, 0.25) is 5.91 Å². The van der Waals surface area contributed by atoms with Crippen molar-refractivity contribution in [1.29, 1.82) is 0 Å². The SMILES string of the molecule is CC(C)c1ccc(C2(C)NC(=O)N(CC(=O)N3CCc4sccc4C3)C2=O)cc1. The van der Waals surface area contributed by atoms with Crippen molar-refractivity contribution in [3.63, 3.8) is 0 Å². The summed E-state index contributed by atoms with van der Waals surface area (Å²) < 4.78 is 0. The maximum atomic E-state index is 13.1. The number of nitrogens with zero attached hydrogens (tertiary/aromatic N) is 2. The molecule has 0 radical (unpaired) electrons. The molecular formula is C22H25N3O3S. The molecule has 1 N–H and O–H groups in total. The first-order chi connectivity index (χ1) is 13.8. The van der Waals surface area contributed by atoms with Gasteiger partial charge < -0.3 is 10.2 Å². The molecule has 0 bridgehead atoms. The summed E-state index contributed by atoms with van der Waals surface area (Å²) in [6.07, 6.45) is 0.818. The zero-order valence-electron chi connectivity index (χ0n) is 16.9. The molecule has 0 saturated carbocycles. The lowest BCUT2D eigenvalue weighted by molar-refractivity contribution is -0.139. The first kappa shape index (κ1) is 19.6. The lowest BCUT2D eigenvalue weighted by Crippen LogP contribution is -2.45. The predicted octanol–water partition coefficient (Wildman–Crippen LogP) is 3.22. The van der Waals surface area contributed by atoms with Crippen LogP contribution in [-0.4, -0.2) is 40.7 Å². The van der Waals surface area contributed by atoms with Crippen molar-refractivity contribution in [3.8, 4) is 0 Å². The van der Waals surface area contributed by atoms with Gasteiger partial charge >= 0.3 is 6.03 Å². The van der Waals surface area contributed by atoms with Crippen molar-refractivity contribution in [3.05, 3.63) is 57.3 Å². The van der Waals surface area contributed by atoms with E-state index in [0.717, 1.165) is 22.4 Å². The maximum Gasteiger partial charge on any atom is 0.325 e. The fourth-order valence-corrected chi connectivity index (χ4v) is 4.82. The van der Waals surface area contributed by atoms with Crippen LogP contribution < -0.4 is 5.32 Å². The number of urea groups is 1. The van der Waals surface area contributed by atoms with Gasteiger partial charge in [0.15, 0.2) is 0 Å². The standard InChI is InChI=1S/C22H25N3O3S/c1-14(2)15-4-6-17(7-5-15)22(3)20(27)25(21(28)23-22)13-19(26)24-10-8-18-16(12-24)9-11-29-18/h4-7,9,11,14H,8,10,12-13H2,1-3H3,(H,23,28). The van der Waals surface area contributed by atoms with Crippen molar-refractivity contribution >= 4 is 29.2 Å². The fourth-order valence-electron chi connectivity index (χ4n) is 3.93. The second kappa shape index (κ2) is 7.30. The number of nitrogens with one attached hydrogen (secondary N) is 1. The van der Waals surface area contributed by atoms with Crippen LogP contribution in [0.3, 0.4) is 0 Å². The predicted molar refractivity (Wildman–Crippen MR) is 112 cm³/mol. The average molecular weight is 412 g/mol. The molecule has 7 heteroatoms. The smallest absolute Gasteiger partial charge is 0.325 e. The van der Waals surface area contributed by atoms with Crippen LogP contribution in [0.4, 0.5) is 4.79 Å². The van der Waals surface area contributed by atoms with E-state index in [1.807, 2.05) is 35.7 Å². The van der Waals surface area contributed by atoms with Gasteiger partial charge in [-0.25, -0.2) is 4.79 Å². The van der Waals surface area contributed by atoms with Crippen LogP contribution in [0.15, 0.2) is 35.7 Å². The first-order valence-corrected chi connectivity index (χ1v) is 10.7. The highest BCUT2D eigenvalue weighted by Crippen LogP contribution is 2.30. The number of amides is 4. The Balaban J connectivity index is 1.48. The molecule has 2 aromatic rings. The van der Waals surface area contributed by atoms with Gasteiger partial charge in [-0.05, 0) is 47.4 Å². The number of fused-ring (bicyclic) bond motifs is 1. The van der Waals surface area contributed by atoms with Crippen molar-refractivity contribution in [2.75, 3.05) is 13.1 Å². The van der Waals surface area contributed by atoms with E-state index >= 15 is 0 Å². The molecule has 6 nitrogen and oxygen atoms in total. The molecule has 1 saturated heterocycles. The molecule has 2 aliphatic heterocycles. The third-order valence-corrected chi connectivity index (χ3v) is 6.91. The van der Waals surface area contributed by atoms with Gasteiger partial charge in [0, 0.05) is 18.0 Å². The van der Waals surface area contributed by atoms with E-state index in [0.29, 0.717) is 19.0 Å². The zero-order chi connectivity index (χ0) is 20.8. The van der Waals surface area contributed by atoms with Crippen LogP contribution in [0.5, 0.6) is 0 Å². The van der Waals surface area contributed by atoms with E-state index in [1.54, 1.807) is 23.2 Å². The molecule has 2 aliphatic rings. The molecule has 0 spiro atoms. The summed E-state index contributed by atoms with van der Waals surface area (Å²) in [5.41, 5.74) is 1.88. The average Bonchev–Trinajstić information content (AvgIpc) is 3.26. The molecule has 4 rings (SSSR count). The first-order valence-electron chi connectivity index (χ1n) is 9.87. The molecule has 1 unspecified atom stereocenters. The van der Waals surface area contributed by atoms with Gasteiger partial charge in [-0.3, -0.25) is 14.5 Å². The molecular weight excluding hydrogens is 386 g/mol. The third kappa shape index (κ3) is 3.44. The van der Waals surface area contributed by atoms with Crippen molar-refractivity contribution < 1.29 is 14.4 Å². The Morgan fingerprint density at radius 1 is 1.21 bits per heavy atom. The molecule has 0 aliphatic carbocycles. The van der Waals surface area contributed by atoms with Crippen LogP contribution in [-0.2, 0) is 28.1 Å². The Bertz CT molecular complexity index is 966. The van der Waals surface area contributed by atoms with E-state index in [1.165, 1.54) is 10.4 Å². The van der Waals surface area contributed by atoms with E-state index in [-0.39, 0.29) is 18.4 Å². The highest BCUT2D eigenvalue weighted by atomic mass is 32.1. The summed E-state index contributed by atoms with van der Waals surface area (Å²) in [7, 11) is 0. The fraction of sp³-hybridized carbons (Fsp3) is 0.409. The molecule has 1 fully saturated rings. The minimum absolute atomic E-state index is 0.204. The van der Waals surface area contributed by atoms with E-state index < -0.39 is 11.6 Å². The van der Waals surface area contributed by atoms with Gasteiger partial charge in [-0.2, -0.15) is 0 Å². The Hall–Kier alpha value is -2.67. The number of hydrogen-bond donors (Lipinski definition) is 1. The highest BCUT2D eigenvalue weighted by Gasteiger charge is 2.49. The maximum absolute atomic E-state index is 13.1. The molecule has 152 valence electrons. The molecule has 4 amide bonds. The van der Waals surface area contributed by atoms with Crippen LogP contribution >= 0.6 is 11.3 Å². The molecule has 1 aromatic heterocycles. The summed E-state index contributed by atoms with van der Waals surface area (Å²) in [5.74, 6) is -0.209. The minimum atomic E-state index is -1.16. The Kier molecular flexibility index (Phi) is 4.94. The van der Waals surface area contributed by atoms with Crippen molar-refractivity contribution in [2.24, 2.45) is 0 Å². The number of hydrogen-bond acceptors (Lipinski definition) is 4. The Morgan fingerprint density at radius 3 is 2.62 bits per heavy atom. The summed E-state index contributed by atoms with van der Waals surface area (Å²) in [6, 6.07) is 9.22. The van der Waals surface area contributed by atoms with Crippen LogP contribution in [0.2, 0.25) is 0 Å². The molecule has 29 heavy (non-hydrogen) atoms. The number of benzene rings is 1. The monoisotopic (exact) mass is 411 g/mol. The van der Waals surface area contributed by atoms with Gasteiger partial charge in [-0.1, -0.05) is 38.1 Å². The van der Waals surface area contributed by atoms with Crippen LogP contribution in [0.25, 0.3) is 0 Å². The third-order valence-electron chi connectivity index (χ3n) is 5.88. The van der Waals surface area contributed by atoms with Crippen molar-refractivity contribution in [2.45, 2.75) is 45.2 Å². The summed E-state index contributed by atoms with van der Waals surface area (Å²) in [4.78, 5) is 42.5. The summed E-state index contributed by atoms with van der Waals surface area (Å²) >= 11 is 1.71. The van der Waals surface area contributed by atoms with Gasteiger partial charge in [-0.15, -0.1) is 11.3 Å². The second-order valence-electron chi connectivity index (χ2n) is 8.16. The van der Waals surface area contributed by atoms with Crippen LogP contribution in [0.1, 0.15) is 48.3 Å². The molecule has 1 aromatic carbocycles. The number of carbonyl (C=O) groups is 3. The second-order valence-corrected chi connectivity index (χ2v) is 9.16. The lowest BCUT2D eigenvalue weighted by atomic mass is 9.90. The summed E-state index contributed by atoms with van der Waals surface area (Å²) in [5, 5.41) is 4.82. The molecule has 1 atom stereocenters. The minimum Gasteiger partial charge on any atom is -0.336 e. The number of carbonyl (C=O) groups excluding carboxylic acids is 3. The number of rotatable bonds is 4. The molecule has 3 heterocycles. The van der Waals surface area contributed by atoms with E-state index in [4.69, 9.17) is 0 Å². The Morgan fingerprint density at radius 2 is 1.93 bits per heavy atom.